The third-order valence-electron chi connectivity index (χ3n) is 3.96. The second-order valence-corrected chi connectivity index (χ2v) is 8.08. The molecule has 2 aromatic carbocycles. The Morgan fingerprint density at radius 3 is 2.37 bits per heavy atom. The highest BCUT2D eigenvalue weighted by Gasteiger charge is 2.22. The summed E-state index contributed by atoms with van der Waals surface area (Å²) in [5.41, 5.74) is 2.11. The van der Waals surface area contributed by atoms with Crippen molar-refractivity contribution in [1.29, 1.82) is 0 Å². The number of para-hydroxylation sites is 1. The molecule has 27 heavy (non-hydrogen) atoms. The molecule has 0 bridgehead atoms. The van der Waals surface area contributed by atoms with Gasteiger partial charge in [0.15, 0.2) is 0 Å². The first-order valence-corrected chi connectivity index (χ1v) is 10.1. The van der Waals surface area contributed by atoms with E-state index in [1.165, 1.54) is 14.2 Å². The topological polar surface area (TPSA) is 84.9 Å². The van der Waals surface area contributed by atoms with Crippen LogP contribution in [0, 0.1) is 6.92 Å². The summed E-state index contributed by atoms with van der Waals surface area (Å²) in [6.45, 7) is 1.59. The van der Waals surface area contributed by atoms with E-state index >= 15 is 0 Å². The number of hydrogen-bond acceptors (Lipinski definition) is 5. The number of carbonyl (C=O) groups is 1. The molecule has 0 aromatic heterocycles. The molecule has 0 saturated heterocycles. The Morgan fingerprint density at radius 1 is 1.07 bits per heavy atom. The van der Waals surface area contributed by atoms with E-state index in [2.05, 4.69) is 5.32 Å². The monoisotopic (exact) mass is 392 g/mol. The largest absolute Gasteiger partial charge is 0.496 e. The van der Waals surface area contributed by atoms with Crippen LogP contribution in [0.5, 0.6) is 11.5 Å². The molecule has 0 heterocycles. The molecule has 0 atom stereocenters. The average molecular weight is 392 g/mol. The normalized spacial score (nSPS) is 11.3. The van der Waals surface area contributed by atoms with Crippen LogP contribution in [-0.4, -0.2) is 45.7 Å². The van der Waals surface area contributed by atoms with Crippen LogP contribution in [0.15, 0.2) is 42.5 Å². The Balaban J connectivity index is 2.19. The maximum absolute atomic E-state index is 12.5. The van der Waals surface area contributed by atoms with Crippen molar-refractivity contribution in [3.05, 3.63) is 53.6 Å². The Labute approximate surface area is 160 Å². The summed E-state index contributed by atoms with van der Waals surface area (Å²) < 4.78 is 36.0. The third-order valence-corrected chi connectivity index (χ3v) is 5.15. The molecule has 146 valence electrons. The van der Waals surface area contributed by atoms with Gasteiger partial charge in [-0.2, -0.15) is 4.31 Å². The predicted octanol–water partition coefficient (Wildman–Crippen LogP) is 2.41. The van der Waals surface area contributed by atoms with E-state index in [1.54, 1.807) is 36.4 Å². The van der Waals surface area contributed by atoms with Crippen LogP contribution in [0.4, 0.5) is 5.69 Å². The molecule has 0 unspecified atom stereocenters. The van der Waals surface area contributed by atoms with E-state index in [9.17, 15) is 13.2 Å². The van der Waals surface area contributed by atoms with Crippen LogP contribution in [0.25, 0.3) is 0 Å². The molecule has 0 aliphatic heterocycles. The van der Waals surface area contributed by atoms with E-state index in [-0.39, 0.29) is 13.1 Å². The van der Waals surface area contributed by atoms with Crippen LogP contribution >= 0.6 is 0 Å². The lowest BCUT2D eigenvalue weighted by atomic mass is 10.2. The fourth-order valence-corrected chi connectivity index (χ4v) is 3.31. The zero-order valence-electron chi connectivity index (χ0n) is 15.9. The molecular formula is C19H24N2O5S. The molecular weight excluding hydrogens is 368 g/mol. The molecule has 0 radical (unpaired) electrons. The number of benzene rings is 2. The SMILES string of the molecule is COc1ccccc1CN(CC(=O)Nc1cc(C)ccc1OC)S(C)(=O)=O. The number of nitrogens with one attached hydrogen (secondary N) is 1. The van der Waals surface area contributed by atoms with Crippen LogP contribution in [0.3, 0.4) is 0 Å². The van der Waals surface area contributed by atoms with Gasteiger partial charge in [-0.15, -0.1) is 0 Å². The number of anilines is 1. The number of amides is 1. The lowest BCUT2D eigenvalue weighted by Gasteiger charge is -2.21. The van der Waals surface area contributed by atoms with Gasteiger partial charge in [-0.25, -0.2) is 8.42 Å². The fraction of sp³-hybridized carbons (Fsp3) is 0.316. The Morgan fingerprint density at radius 2 is 1.74 bits per heavy atom. The molecule has 0 aliphatic carbocycles. The molecule has 0 saturated carbocycles. The van der Waals surface area contributed by atoms with Crippen molar-refractivity contribution >= 4 is 21.6 Å². The molecule has 0 aliphatic rings. The summed E-state index contributed by atoms with van der Waals surface area (Å²) in [7, 11) is -0.595. The minimum Gasteiger partial charge on any atom is -0.496 e. The Kier molecular flexibility index (Phi) is 6.81. The lowest BCUT2D eigenvalue weighted by Crippen LogP contribution is -2.37. The zero-order chi connectivity index (χ0) is 20.0. The number of ether oxygens (including phenoxy) is 2. The van der Waals surface area contributed by atoms with Gasteiger partial charge in [0.25, 0.3) is 0 Å². The van der Waals surface area contributed by atoms with Crippen LogP contribution in [0.1, 0.15) is 11.1 Å². The summed E-state index contributed by atoms with van der Waals surface area (Å²) in [6.07, 6.45) is 1.07. The molecule has 1 N–H and O–H groups in total. The molecule has 1 amide bonds. The molecule has 0 fully saturated rings. The van der Waals surface area contributed by atoms with Crippen LogP contribution in [0.2, 0.25) is 0 Å². The second-order valence-electron chi connectivity index (χ2n) is 6.09. The first kappa shape index (κ1) is 20.7. The number of sulfonamides is 1. The van der Waals surface area contributed by atoms with Crippen molar-refractivity contribution in [2.75, 3.05) is 32.3 Å². The second kappa shape index (κ2) is 8.88. The maximum Gasteiger partial charge on any atom is 0.239 e. The number of carbonyl (C=O) groups excluding carboxylic acids is 1. The van der Waals surface area contributed by atoms with Gasteiger partial charge in [-0.1, -0.05) is 24.3 Å². The smallest absolute Gasteiger partial charge is 0.239 e. The Bertz CT molecular complexity index is 912. The summed E-state index contributed by atoms with van der Waals surface area (Å²) in [4.78, 5) is 12.5. The van der Waals surface area contributed by atoms with E-state index in [4.69, 9.17) is 9.47 Å². The van der Waals surface area contributed by atoms with Gasteiger partial charge in [-0.3, -0.25) is 4.79 Å². The van der Waals surface area contributed by atoms with E-state index in [0.717, 1.165) is 16.1 Å². The van der Waals surface area contributed by atoms with Gasteiger partial charge in [0, 0.05) is 12.1 Å². The molecule has 7 nitrogen and oxygen atoms in total. The first-order chi connectivity index (χ1) is 12.7. The van der Waals surface area contributed by atoms with Crippen molar-refractivity contribution < 1.29 is 22.7 Å². The van der Waals surface area contributed by atoms with Gasteiger partial charge in [0.2, 0.25) is 15.9 Å². The summed E-state index contributed by atoms with van der Waals surface area (Å²) >= 11 is 0. The minimum atomic E-state index is -3.61. The lowest BCUT2D eigenvalue weighted by molar-refractivity contribution is -0.116. The van der Waals surface area contributed by atoms with Crippen molar-refractivity contribution in [2.45, 2.75) is 13.5 Å². The van der Waals surface area contributed by atoms with Gasteiger partial charge in [-0.05, 0) is 30.7 Å². The highest BCUT2D eigenvalue weighted by Crippen LogP contribution is 2.25. The average Bonchev–Trinajstić information content (AvgIpc) is 2.61. The van der Waals surface area contributed by atoms with Gasteiger partial charge in [0.05, 0.1) is 32.7 Å². The molecule has 2 rings (SSSR count). The van der Waals surface area contributed by atoms with Crippen molar-refractivity contribution in [1.82, 2.24) is 4.31 Å². The van der Waals surface area contributed by atoms with Gasteiger partial charge < -0.3 is 14.8 Å². The quantitative estimate of drug-likeness (QED) is 0.746. The Hall–Kier alpha value is -2.58. The van der Waals surface area contributed by atoms with Gasteiger partial charge in [0.1, 0.15) is 11.5 Å². The predicted molar refractivity (Wildman–Crippen MR) is 105 cm³/mol. The van der Waals surface area contributed by atoms with Crippen molar-refractivity contribution in [3.8, 4) is 11.5 Å². The number of rotatable bonds is 8. The van der Waals surface area contributed by atoms with Crippen LogP contribution < -0.4 is 14.8 Å². The summed E-state index contributed by atoms with van der Waals surface area (Å²) in [5.74, 6) is 0.607. The minimum absolute atomic E-state index is 0.0290. The number of aryl methyl sites for hydroxylation is 1. The zero-order valence-corrected chi connectivity index (χ0v) is 16.7. The standard InChI is InChI=1S/C19H24N2O5S/c1-14-9-10-18(26-3)16(11-14)20-19(22)13-21(27(4,23)24)12-15-7-5-6-8-17(15)25-2/h5-11H,12-13H2,1-4H3,(H,20,22). The van der Waals surface area contributed by atoms with E-state index in [1.807, 2.05) is 13.0 Å². The maximum atomic E-state index is 12.5. The van der Waals surface area contributed by atoms with Crippen LogP contribution in [-0.2, 0) is 21.4 Å². The summed E-state index contributed by atoms with van der Waals surface area (Å²) in [5, 5.41) is 2.72. The van der Waals surface area contributed by atoms with E-state index in [0.29, 0.717) is 22.7 Å². The highest BCUT2D eigenvalue weighted by atomic mass is 32.2. The molecule has 0 spiro atoms. The third kappa shape index (κ3) is 5.70. The van der Waals surface area contributed by atoms with Crippen molar-refractivity contribution in [2.24, 2.45) is 0 Å². The molecule has 8 heteroatoms. The summed E-state index contributed by atoms with van der Waals surface area (Å²) in [6, 6.07) is 12.5. The number of hydrogen-bond donors (Lipinski definition) is 1. The highest BCUT2D eigenvalue weighted by molar-refractivity contribution is 7.88. The van der Waals surface area contributed by atoms with Crippen molar-refractivity contribution in [3.63, 3.8) is 0 Å². The molecule has 2 aromatic rings. The number of methoxy groups -OCH3 is 2. The van der Waals surface area contributed by atoms with E-state index < -0.39 is 15.9 Å². The number of nitrogens with zero attached hydrogens (tertiary/aromatic N) is 1. The van der Waals surface area contributed by atoms with Gasteiger partial charge >= 0.3 is 0 Å². The first-order valence-electron chi connectivity index (χ1n) is 8.26. The fourth-order valence-electron chi connectivity index (χ4n) is 2.58.